The van der Waals surface area contributed by atoms with Crippen LogP contribution < -0.4 is 5.73 Å². The van der Waals surface area contributed by atoms with Crippen molar-refractivity contribution in [1.82, 2.24) is 0 Å². The third-order valence-corrected chi connectivity index (χ3v) is 12.3. The van der Waals surface area contributed by atoms with Crippen molar-refractivity contribution in [2.24, 2.45) is 5.73 Å². The van der Waals surface area contributed by atoms with Gasteiger partial charge in [0.25, 0.3) is 0 Å². The van der Waals surface area contributed by atoms with E-state index in [2.05, 4.69) is 129 Å². The molecule has 0 spiro atoms. The fourth-order valence-electron chi connectivity index (χ4n) is 7.22. The van der Waals surface area contributed by atoms with Gasteiger partial charge >= 0.3 is 19.8 Å². The molecule has 0 aromatic rings. The number of esters is 2. The van der Waals surface area contributed by atoms with Gasteiger partial charge in [-0.25, -0.2) is 4.57 Å². The van der Waals surface area contributed by atoms with E-state index in [9.17, 15) is 19.0 Å². The lowest BCUT2D eigenvalue weighted by atomic mass is 10.0. The van der Waals surface area contributed by atoms with E-state index in [1.165, 1.54) is 96.3 Å². The Morgan fingerprint density at radius 3 is 1.20 bits per heavy atom. The molecule has 0 aliphatic rings. The highest BCUT2D eigenvalue weighted by Gasteiger charge is 2.26. The maximum Gasteiger partial charge on any atom is 0.472 e. The van der Waals surface area contributed by atoms with E-state index in [1.54, 1.807) is 0 Å². The molecule has 71 heavy (non-hydrogen) atoms. The second-order valence-corrected chi connectivity index (χ2v) is 19.5. The van der Waals surface area contributed by atoms with Gasteiger partial charge in [-0.05, 0) is 103 Å². The van der Waals surface area contributed by atoms with Crippen LogP contribution in [0.2, 0.25) is 0 Å². The number of phosphoric ester groups is 1. The number of ether oxygens (including phenoxy) is 2. The number of nitrogens with two attached hydrogens (primary N) is 1. The Balaban J connectivity index is 4.12. The summed E-state index contributed by atoms with van der Waals surface area (Å²) < 4.78 is 32.9. The fourth-order valence-corrected chi connectivity index (χ4v) is 7.98. The van der Waals surface area contributed by atoms with Crippen molar-refractivity contribution < 1.29 is 37.6 Å². The van der Waals surface area contributed by atoms with Gasteiger partial charge in [-0.15, -0.1) is 0 Å². The smallest absolute Gasteiger partial charge is 0.462 e. The topological polar surface area (TPSA) is 134 Å². The molecule has 0 amide bonds. The molecule has 0 aliphatic heterocycles. The first-order valence-electron chi connectivity index (χ1n) is 28.0. The zero-order chi connectivity index (χ0) is 51.7. The lowest BCUT2D eigenvalue weighted by Crippen LogP contribution is -2.29. The third-order valence-electron chi connectivity index (χ3n) is 11.3. The van der Waals surface area contributed by atoms with Crippen LogP contribution in [0.15, 0.2) is 122 Å². The summed E-state index contributed by atoms with van der Waals surface area (Å²) in [5, 5.41) is 0. The van der Waals surface area contributed by atoms with E-state index in [0.717, 1.165) is 83.5 Å². The van der Waals surface area contributed by atoms with Gasteiger partial charge in [-0.1, -0.05) is 225 Å². The van der Waals surface area contributed by atoms with Crippen LogP contribution >= 0.6 is 7.82 Å². The maximum absolute atomic E-state index is 12.7. The van der Waals surface area contributed by atoms with E-state index in [0.29, 0.717) is 12.8 Å². The number of carbonyl (C=O) groups is 2. The molecule has 0 aromatic carbocycles. The largest absolute Gasteiger partial charge is 0.472 e. The molecule has 0 saturated heterocycles. The summed E-state index contributed by atoms with van der Waals surface area (Å²) in [5.74, 6) is -0.907. The highest BCUT2D eigenvalue weighted by Crippen LogP contribution is 2.43. The molecule has 3 N–H and O–H groups in total. The van der Waals surface area contributed by atoms with Crippen molar-refractivity contribution >= 4 is 19.8 Å². The first-order valence-corrected chi connectivity index (χ1v) is 29.5. The van der Waals surface area contributed by atoms with Gasteiger partial charge in [-0.2, -0.15) is 0 Å². The van der Waals surface area contributed by atoms with E-state index < -0.39 is 32.5 Å². The Labute approximate surface area is 434 Å². The minimum Gasteiger partial charge on any atom is -0.462 e. The number of carbonyl (C=O) groups excluding carboxylic acids is 2. The lowest BCUT2D eigenvalue weighted by molar-refractivity contribution is -0.161. The molecule has 10 heteroatoms. The Hall–Kier alpha value is -3.59. The molecule has 9 nitrogen and oxygen atoms in total. The Morgan fingerprint density at radius 1 is 0.437 bits per heavy atom. The summed E-state index contributed by atoms with van der Waals surface area (Å²) in [6.45, 7) is 3.54. The van der Waals surface area contributed by atoms with Gasteiger partial charge in [0, 0.05) is 19.4 Å². The Morgan fingerprint density at radius 2 is 0.789 bits per heavy atom. The van der Waals surface area contributed by atoms with E-state index >= 15 is 0 Å². The van der Waals surface area contributed by atoms with Crippen LogP contribution in [0.5, 0.6) is 0 Å². The average Bonchev–Trinajstić information content (AvgIpc) is 3.36. The number of hydrogen-bond acceptors (Lipinski definition) is 8. The zero-order valence-electron chi connectivity index (χ0n) is 44.9. The summed E-state index contributed by atoms with van der Waals surface area (Å²) in [5.41, 5.74) is 5.37. The van der Waals surface area contributed by atoms with Gasteiger partial charge in [-0.3, -0.25) is 18.6 Å². The SMILES string of the molecule is CC/C=C\C/C=C\C/C=C\C/C=C\C/C=C\C/C=C\C/C=C\CCCC(=O)OC(COC(=O)CCCCCCCCCCCCCC/C=C\C/C=C\C/C=C\CCCCCCC)COP(=O)(O)OCCN. The third kappa shape index (κ3) is 55.6. The summed E-state index contributed by atoms with van der Waals surface area (Å²) >= 11 is 0. The molecule has 0 aliphatic carbocycles. The molecule has 0 aromatic heterocycles. The van der Waals surface area contributed by atoms with Crippen LogP contribution in [0.4, 0.5) is 0 Å². The molecule has 0 rings (SSSR count). The van der Waals surface area contributed by atoms with Crippen LogP contribution in [0.25, 0.3) is 0 Å². The molecule has 0 heterocycles. The van der Waals surface area contributed by atoms with E-state index in [-0.39, 0.29) is 32.6 Å². The van der Waals surface area contributed by atoms with Crippen molar-refractivity contribution in [3.8, 4) is 0 Å². The second-order valence-electron chi connectivity index (χ2n) is 18.1. The van der Waals surface area contributed by atoms with Gasteiger partial charge in [0.1, 0.15) is 6.61 Å². The van der Waals surface area contributed by atoms with Gasteiger partial charge in [0.2, 0.25) is 0 Å². The number of unbranched alkanes of at least 4 members (excludes halogenated alkanes) is 18. The average molecular weight is 1010 g/mol. The maximum atomic E-state index is 12.7. The molecule has 0 saturated carbocycles. The highest BCUT2D eigenvalue weighted by molar-refractivity contribution is 7.47. The predicted octanol–water partition coefficient (Wildman–Crippen LogP) is 17.6. The summed E-state index contributed by atoms with van der Waals surface area (Å²) in [7, 11) is -4.41. The van der Waals surface area contributed by atoms with E-state index in [1.807, 2.05) is 6.08 Å². The van der Waals surface area contributed by atoms with Crippen molar-refractivity contribution in [3.63, 3.8) is 0 Å². The first-order chi connectivity index (χ1) is 34.8. The van der Waals surface area contributed by atoms with Crippen molar-refractivity contribution in [1.29, 1.82) is 0 Å². The van der Waals surface area contributed by atoms with Crippen molar-refractivity contribution in [3.05, 3.63) is 122 Å². The predicted molar refractivity (Wildman–Crippen MR) is 302 cm³/mol. The summed E-state index contributed by atoms with van der Waals surface area (Å²) in [4.78, 5) is 35.1. The van der Waals surface area contributed by atoms with Gasteiger partial charge in [0.05, 0.1) is 13.2 Å². The summed E-state index contributed by atoms with van der Waals surface area (Å²) in [6.07, 6.45) is 76.8. The molecule has 0 bridgehead atoms. The number of allylic oxidation sites excluding steroid dienone is 20. The van der Waals surface area contributed by atoms with Crippen LogP contribution in [0, 0.1) is 0 Å². The molecule has 0 fully saturated rings. The monoisotopic (exact) mass is 1010 g/mol. The van der Waals surface area contributed by atoms with Gasteiger partial charge < -0.3 is 20.1 Å². The second kappa shape index (κ2) is 55.7. The Bertz CT molecular complexity index is 1570. The van der Waals surface area contributed by atoms with Crippen molar-refractivity contribution in [2.45, 2.75) is 225 Å². The number of hydrogen-bond donors (Lipinski definition) is 2. The quantitative estimate of drug-likeness (QED) is 0.0264. The van der Waals surface area contributed by atoms with Gasteiger partial charge in [0.15, 0.2) is 6.10 Å². The zero-order valence-corrected chi connectivity index (χ0v) is 45.8. The normalized spacial score (nSPS) is 14.0. The van der Waals surface area contributed by atoms with Crippen LogP contribution in [-0.4, -0.2) is 49.3 Å². The van der Waals surface area contributed by atoms with E-state index in [4.69, 9.17) is 24.3 Å². The highest BCUT2D eigenvalue weighted by atomic mass is 31.2. The van der Waals surface area contributed by atoms with Crippen molar-refractivity contribution in [2.75, 3.05) is 26.4 Å². The lowest BCUT2D eigenvalue weighted by Gasteiger charge is -2.19. The standard InChI is InChI=1S/C61H102NO8P/c1-3-5-7-9-11-13-15-17-19-21-23-25-27-28-29-30-32-33-35-37-39-41-43-45-47-49-51-53-60(63)67-57-59(58-69-71(65,66)68-56-55-62)70-61(64)54-52-50-48-46-44-42-40-38-36-34-31-26-24-22-20-18-16-14-12-10-8-6-4-2/h6,8,12,14-15,17-18,20-21,23-24,26-28,34,36,40,42,46,48,59H,3-5,7,9-11,13,16,19,22,25,29-33,35,37-39,41,43-45,47,49-58,62H2,1-2H3,(H,65,66)/b8-6-,14-12-,17-15-,20-18-,23-21-,26-24-,28-27-,36-34-,42-40-,48-46-. The number of phosphoric acid groups is 1. The minimum atomic E-state index is -4.41. The first kappa shape index (κ1) is 67.4. The fraction of sp³-hybridized carbons (Fsp3) is 0.639. The summed E-state index contributed by atoms with van der Waals surface area (Å²) in [6, 6.07) is 0. The molecule has 2 atom stereocenters. The van der Waals surface area contributed by atoms with Crippen LogP contribution in [-0.2, 0) is 32.7 Å². The molecule has 2 unspecified atom stereocenters. The molecular weight excluding hydrogens is 906 g/mol. The Kier molecular flexibility index (Phi) is 52.9. The minimum absolute atomic E-state index is 0.0373. The van der Waals surface area contributed by atoms with Crippen LogP contribution in [0.1, 0.15) is 219 Å². The molecule has 404 valence electrons. The molecular formula is C61H102NO8P. The molecule has 0 radical (unpaired) electrons. The number of rotatable bonds is 51. The van der Waals surface area contributed by atoms with Crippen LogP contribution in [0.3, 0.4) is 0 Å².